The van der Waals surface area contributed by atoms with Gasteiger partial charge in [0.25, 0.3) is 0 Å². The van der Waals surface area contributed by atoms with Crippen LogP contribution in [0.15, 0.2) is 18.2 Å². The summed E-state index contributed by atoms with van der Waals surface area (Å²) < 4.78 is 5.52. The van der Waals surface area contributed by atoms with Crippen molar-refractivity contribution in [2.75, 3.05) is 25.6 Å². The maximum Gasteiger partial charge on any atom is 0.124 e. The van der Waals surface area contributed by atoms with Gasteiger partial charge in [-0.15, -0.1) is 0 Å². The van der Waals surface area contributed by atoms with Crippen molar-refractivity contribution in [2.24, 2.45) is 0 Å². The van der Waals surface area contributed by atoms with E-state index in [9.17, 15) is 0 Å². The van der Waals surface area contributed by atoms with Gasteiger partial charge in [0.05, 0.1) is 13.3 Å². The minimum Gasteiger partial charge on any atom is -0.496 e. The number of methoxy groups -OCH3 is 1. The van der Waals surface area contributed by atoms with Crippen molar-refractivity contribution in [3.05, 3.63) is 23.8 Å². The molecular weight excluding hydrogens is 200 g/mol. The van der Waals surface area contributed by atoms with E-state index >= 15 is 0 Å². The minimum atomic E-state index is 0.191. The standard InChI is InChI=1S/C13H18N2O/c1-13-7-8-14-12(13)15(2)9-5-4-6-10(16-3)11(9)13/h4-6,12,14H,7-8H2,1-3H3/t12-,13+/m1/s1. The molecule has 16 heavy (non-hydrogen) atoms. The summed E-state index contributed by atoms with van der Waals surface area (Å²) in [5.74, 6) is 1.03. The number of likely N-dealkylation sites (N-methyl/N-ethyl adjacent to an activating group) is 1. The van der Waals surface area contributed by atoms with Crippen LogP contribution in [0.1, 0.15) is 18.9 Å². The maximum atomic E-state index is 5.52. The van der Waals surface area contributed by atoms with Crippen molar-refractivity contribution in [1.29, 1.82) is 0 Å². The zero-order valence-corrected chi connectivity index (χ0v) is 10.1. The van der Waals surface area contributed by atoms with Gasteiger partial charge in [-0.3, -0.25) is 5.32 Å². The fraction of sp³-hybridized carbons (Fsp3) is 0.538. The van der Waals surface area contributed by atoms with E-state index in [0.29, 0.717) is 6.17 Å². The van der Waals surface area contributed by atoms with Gasteiger partial charge < -0.3 is 9.64 Å². The average molecular weight is 218 g/mol. The van der Waals surface area contributed by atoms with Crippen LogP contribution in [0.3, 0.4) is 0 Å². The molecule has 2 aliphatic rings. The number of nitrogens with zero attached hydrogens (tertiary/aromatic N) is 1. The molecule has 0 saturated carbocycles. The normalized spacial score (nSPS) is 31.4. The Hall–Kier alpha value is -1.22. The second kappa shape index (κ2) is 3.14. The van der Waals surface area contributed by atoms with Crippen LogP contribution in [0.25, 0.3) is 0 Å². The van der Waals surface area contributed by atoms with Gasteiger partial charge in [-0.25, -0.2) is 0 Å². The largest absolute Gasteiger partial charge is 0.496 e. The van der Waals surface area contributed by atoms with E-state index < -0.39 is 0 Å². The molecule has 1 N–H and O–H groups in total. The predicted octanol–water partition coefficient (Wildman–Crippen LogP) is 1.72. The van der Waals surface area contributed by atoms with E-state index in [1.807, 2.05) is 0 Å². The molecule has 0 spiro atoms. The molecule has 0 amide bonds. The molecule has 1 fully saturated rings. The van der Waals surface area contributed by atoms with Gasteiger partial charge in [0.1, 0.15) is 5.75 Å². The lowest BCUT2D eigenvalue weighted by atomic mass is 9.81. The topological polar surface area (TPSA) is 24.5 Å². The Morgan fingerprint density at radius 2 is 2.31 bits per heavy atom. The number of nitrogens with one attached hydrogen (secondary N) is 1. The van der Waals surface area contributed by atoms with Crippen LogP contribution < -0.4 is 15.0 Å². The predicted molar refractivity (Wildman–Crippen MR) is 65.2 cm³/mol. The van der Waals surface area contributed by atoms with Gasteiger partial charge in [0, 0.05) is 23.7 Å². The van der Waals surface area contributed by atoms with Crippen LogP contribution in [0.2, 0.25) is 0 Å². The lowest BCUT2D eigenvalue weighted by Crippen LogP contribution is -2.44. The first kappa shape index (κ1) is 9.97. The van der Waals surface area contributed by atoms with Gasteiger partial charge >= 0.3 is 0 Å². The van der Waals surface area contributed by atoms with Crippen LogP contribution in [-0.2, 0) is 5.41 Å². The van der Waals surface area contributed by atoms with Crippen LogP contribution in [0.4, 0.5) is 5.69 Å². The number of ether oxygens (including phenoxy) is 1. The lowest BCUT2D eigenvalue weighted by Gasteiger charge is -2.28. The van der Waals surface area contributed by atoms with E-state index in [0.717, 1.165) is 12.3 Å². The maximum absolute atomic E-state index is 5.52. The number of hydrogen-bond donors (Lipinski definition) is 1. The zero-order chi connectivity index (χ0) is 11.3. The van der Waals surface area contributed by atoms with Crippen molar-refractivity contribution in [1.82, 2.24) is 5.32 Å². The molecule has 1 aromatic carbocycles. The molecule has 3 rings (SSSR count). The second-order valence-electron chi connectivity index (χ2n) is 4.99. The molecule has 3 heteroatoms. The zero-order valence-electron chi connectivity index (χ0n) is 10.1. The van der Waals surface area contributed by atoms with Crippen LogP contribution in [0, 0.1) is 0 Å². The summed E-state index contributed by atoms with van der Waals surface area (Å²) in [7, 11) is 3.92. The fourth-order valence-electron chi connectivity index (χ4n) is 3.35. The Morgan fingerprint density at radius 3 is 3.06 bits per heavy atom. The van der Waals surface area contributed by atoms with Crippen LogP contribution >= 0.6 is 0 Å². The SMILES string of the molecule is COc1cccc2c1[C@]1(C)CCN[C@@H]1N2C. The summed E-state index contributed by atoms with van der Waals surface area (Å²) in [4.78, 5) is 2.34. The number of anilines is 1. The number of rotatable bonds is 1. The Balaban J connectivity index is 2.23. The van der Waals surface area contributed by atoms with Crippen molar-refractivity contribution >= 4 is 5.69 Å². The van der Waals surface area contributed by atoms with Gasteiger partial charge in [0.15, 0.2) is 0 Å². The highest BCUT2D eigenvalue weighted by Gasteiger charge is 2.50. The Kier molecular flexibility index (Phi) is 1.96. The molecule has 0 radical (unpaired) electrons. The molecule has 1 saturated heterocycles. The van der Waals surface area contributed by atoms with Gasteiger partial charge in [0.2, 0.25) is 0 Å². The van der Waals surface area contributed by atoms with Crippen molar-refractivity contribution < 1.29 is 4.74 Å². The second-order valence-corrected chi connectivity index (χ2v) is 4.99. The molecule has 2 aliphatic heterocycles. The molecule has 2 heterocycles. The Morgan fingerprint density at radius 1 is 1.50 bits per heavy atom. The Labute approximate surface area is 96.4 Å². The summed E-state index contributed by atoms with van der Waals surface area (Å²) in [5.41, 5.74) is 2.87. The van der Waals surface area contributed by atoms with Crippen molar-refractivity contribution in [2.45, 2.75) is 24.9 Å². The van der Waals surface area contributed by atoms with Crippen LogP contribution in [-0.4, -0.2) is 26.9 Å². The third-order valence-corrected chi connectivity index (χ3v) is 4.15. The fourth-order valence-corrected chi connectivity index (χ4v) is 3.35. The lowest BCUT2D eigenvalue weighted by molar-refractivity contribution is 0.379. The van der Waals surface area contributed by atoms with E-state index in [4.69, 9.17) is 4.74 Å². The summed E-state index contributed by atoms with van der Waals surface area (Å²) in [6.45, 7) is 3.42. The highest BCUT2D eigenvalue weighted by Crippen LogP contribution is 2.51. The van der Waals surface area contributed by atoms with Crippen molar-refractivity contribution in [3.63, 3.8) is 0 Å². The molecule has 0 unspecified atom stereocenters. The summed E-state index contributed by atoms with van der Waals surface area (Å²) in [6, 6.07) is 6.32. The monoisotopic (exact) mass is 218 g/mol. The first-order valence-corrected chi connectivity index (χ1v) is 5.82. The summed E-state index contributed by atoms with van der Waals surface area (Å²) >= 11 is 0. The highest BCUT2D eigenvalue weighted by molar-refractivity contribution is 5.69. The summed E-state index contributed by atoms with van der Waals surface area (Å²) in [5, 5.41) is 3.58. The number of benzene rings is 1. The Bertz CT molecular complexity index is 432. The molecule has 1 aromatic rings. The molecule has 0 aliphatic carbocycles. The quantitative estimate of drug-likeness (QED) is 0.777. The molecule has 2 atom stereocenters. The molecule has 0 aromatic heterocycles. The van der Waals surface area contributed by atoms with Gasteiger partial charge in [-0.2, -0.15) is 0 Å². The molecule has 3 nitrogen and oxygen atoms in total. The molecule has 86 valence electrons. The highest BCUT2D eigenvalue weighted by atomic mass is 16.5. The molecular formula is C13H18N2O. The number of fused-ring (bicyclic) bond motifs is 3. The van der Waals surface area contributed by atoms with E-state index in [2.05, 4.69) is 42.4 Å². The molecule has 0 bridgehead atoms. The minimum absolute atomic E-state index is 0.191. The van der Waals surface area contributed by atoms with Crippen molar-refractivity contribution in [3.8, 4) is 5.75 Å². The van der Waals surface area contributed by atoms with Gasteiger partial charge in [-0.05, 0) is 25.1 Å². The average Bonchev–Trinajstić information content (AvgIpc) is 2.77. The van der Waals surface area contributed by atoms with E-state index in [1.165, 1.54) is 17.7 Å². The summed E-state index contributed by atoms with van der Waals surface area (Å²) in [6.07, 6.45) is 1.59. The van der Waals surface area contributed by atoms with E-state index in [1.54, 1.807) is 7.11 Å². The van der Waals surface area contributed by atoms with E-state index in [-0.39, 0.29) is 5.41 Å². The van der Waals surface area contributed by atoms with Gasteiger partial charge in [-0.1, -0.05) is 13.0 Å². The third-order valence-electron chi connectivity index (χ3n) is 4.15. The smallest absolute Gasteiger partial charge is 0.124 e. The third kappa shape index (κ3) is 1.02. The number of hydrogen-bond acceptors (Lipinski definition) is 3. The first-order valence-electron chi connectivity index (χ1n) is 5.82. The first-order chi connectivity index (χ1) is 7.68. The van der Waals surface area contributed by atoms with Crippen LogP contribution in [0.5, 0.6) is 5.75 Å².